The Morgan fingerprint density at radius 3 is 3.00 bits per heavy atom. The van der Waals surface area contributed by atoms with Gasteiger partial charge in [-0.2, -0.15) is 0 Å². The smallest absolute Gasteiger partial charge is 0.0552 e. The van der Waals surface area contributed by atoms with Crippen molar-refractivity contribution in [1.29, 1.82) is 0 Å². The van der Waals surface area contributed by atoms with E-state index in [0.29, 0.717) is 13.0 Å². The Morgan fingerprint density at radius 2 is 2.42 bits per heavy atom. The largest absolute Gasteiger partial charge is 0.393 e. The van der Waals surface area contributed by atoms with Crippen LogP contribution in [0.2, 0.25) is 0 Å². The van der Waals surface area contributed by atoms with Crippen LogP contribution >= 0.6 is 0 Å². The van der Waals surface area contributed by atoms with Crippen molar-refractivity contribution in [2.24, 2.45) is 5.73 Å². The van der Waals surface area contributed by atoms with E-state index < -0.39 is 0 Å². The van der Waals surface area contributed by atoms with Gasteiger partial charge in [0.05, 0.1) is 11.8 Å². The molecule has 1 aromatic rings. The number of pyridine rings is 1. The van der Waals surface area contributed by atoms with Crippen molar-refractivity contribution in [2.45, 2.75) is 26.0 Å². The van der Waals surface area contributed by atoms with Crippen molar-refractivity contribution in [3.63, 3.8) is 0 Å². The quantitative estimate of drug-likeness (QED) is 0.686. The molecule has 0 aliphatic heterocycles. The summed E-state index contributed by atoms with van der Waals surface area (Å²) in [5.74, 6) is 0. The Hall–Kier alpha value is -0.930. The highest BCUT2D eigenvalue weighted by Crippen LogP contribution is 2.04. The van der Waals surface area contributed by atoms with Crippen molar-refractivity contribution in [2.75, 3.05) is 0 Å². The number of aliphatic hydroxyl groups is 1. The second-order valence-corrected chi connectivity index (χ2v) is 2.91. The lowest BCUT2D eigenvalue weighted by molar-refractivity contribution is 0.195. The van der Waals surface area contributed by atoms with Gasteiger partial charge in [-0.15, -0.1) is 0 Å². The fourth-order valence-electron chi connectivity index (χ4n) is 1.11. The molecule has 1 heterocycles. The first kappa shape index (κ1) is 9.16. The van der Waals surface area contributed by atoms with Gasteiger partial charge in [-0.25, -0.2) is 0 Å². The maximum atomic E-state index is 9.12. The van der Waals surface area contributed by atoms with Gasteiger partial charge in [0.15, 0.2) is 0 Å². The van der Waals surface area contributed by atoms with E-state index in [0.717, 1.165) is 11.3 Å². The Morgan fingerprint density at radius 1 is 1.67 bits per heavy atom. The highest BCUT2D eigenvalue weighted by Gasteiger charge is 1.99. The molecule has 0 saturated heterocycles. The van der Waals surface area contributed by atoms with E-state index in [4.69, 9.17) is 10.8 Å². The monoisotopic (exact) mass is 166 g/mol. The molecule has 0 spiro atoms. The predicted octanol–water partition coefficient (Wildman–Crippen LogP) is 0.464. The Balaban J connectivity index is 2.72. The van der Waals surface area contributed by atoms with Crippen LogP contribution in [0, 0.1) is 0 Å². The maximum absolute atomic E-state index is 9.12. The molecule has 1 aromatic heterocycles. The zero-order valence-electron chi connectivity index (χ0n) is 7.20. The molecule has 0 saturated carbocycles. The van der Waals surface area contributed by atoms with Gasteiger partial charge in [0, 0.05) is 12.7 Å². The molecule has 12 heavy (non-hydrogen) atoms. The summed E-state index contributed by atoms with van der Waals surface area (Å²) in [4.78, 5) is 4.06. The van der Waals surface area contributed by atoms with Crippen LogP contribution in [0.3, 0.4) is 0 Å². The lowest BCUT2D eigenvalue weighted by Gasteiger charge is -2.04. The van der Waals surface area contributed by atoms with Crippen LogP contribution in [0.1, 0.15) is 18.2 Å². The predicted molar refractivity (Wildman–Crippen MR) is 47.5 cm³/mol. The zero-order chi connectivity index (χ0) is 8.97. The topological polar surface area (TPSA) is 59.1 Å². The second kappa shape index (κ2) is 4.18. The molecule has 0 aromatic carbocycles. The minimum Gasteiger partial charge on any atom is -0.393 e. The van der Waals surface area contributed by atoms with E-state index in [-0.39, 0.29) is 6.10 Å². The number of nitrogens with zero attached hydrogens (tertiary/aromatic N) is 1. The van der Waals surface area contributed by atoms with Crippen molar-refractivity contribution in [3.05, 3.63) is 29.6 Å². The van der Waals surface area contributed by atoms with Crippen LogP contribution in [0.4, 0.5) is 0 Å². The number of hydrogen-bond donors (Lipinski definition) is 2. The SMILES string of the molecule is CC(O)Cc1ccnc(CN)c1. The number of rotatable bonds is 3. The molecule has 1 unspecified atom stereocenters. The summed E-state index contributed by atoms with van der Waals surface area (Å²) in [6, 6.07) is 3.82. The maximum Gasteiger partial charge on any atom is 0.0552 e. The average molecular weight is 166 g/mol. The summed E-state index contributed by atoms with van der Waals surface area (Å²) in [6.45, 7) is 2.22. The molecule has 3 N–H and O–H groups in total. The van der Waals surface area contributed by atoms with Crippen molar-refractivity contribution < 1.29 is 5.11 Å². The van der Waals surface area contributed by atoms with Gasteiger partial charge in [-0.1, -0.05) is 0 Å². The summed E-state index contributed by atoms with van der Waals surface area (Å²) < 4.78 is 0. The fraction of sp³-hybridized carbons (Fsp3) is 0.444. The molecule has 0 aliphatic rings. The van der Waals surface area contributed by atoms with Crippen LogP contribution in [-0.2, 0) is 13.0 Å². The molecule has 0 radical (unpaired) electrons. The van der Waals surface area contributed by atoms with E-state index in [1.54, 1.807) is 13.1 Å². The Bertz CT molecular complexity index is 248. The van der Waals surface area contributed by atoms with Gasteiger partial charge >= 0.3 is 0 Å². The van der Waals surface area contributed by atoms with Crippen LogP contribution in [0.5, 0.6) is 0 Å². The van der Waals surface area contributed by atoms with Crippen molar-refractivity contribution in [3.8, 4) is 0 Å². The second-order valence-electron chi connectivity index (χ2n) is 2.91. The summed E-state index contributed by atoms with van der Waals surface area (Å²) in [5, 5.41) is 9.12. The number of aliphatic hydroxyl groups excluding tert-OH is 1. The first-order valence-electron chi connectivity index (χ1n) is 4.04. The fourth-order valence-corrected chi connectivity index (χ4v) is 1.11. The summed E-state index contributed by atoms with van der Waals surface area (Å²) in [5.41, 5.74) is 7.38. The summed E-state index contributed by atoms with van der Waals surface area (Å²) in [6.07, 6.45) is 2.08. The molecule has 1 rings (SSSR count). The molecule has 3 heteroatoms. The first-order chi connectivity index (χ1) is 5.72. The van der Waals surface area contributed by atoms with Crippen LogP contribution in [0.15, 0.2) is 18.3 Å². The van der Waals surface area contributed by atoms with E-state index in [9.17, 15) is 0 Å². The third kappa shape index (κ3) is 2.60. The van der Waals surface area contributed by atoms with Gasteiger partial charge in [-0.05, 0) is 31.0 Å². The lowest BCUT2D eigenvalue weighted by Crippen LogP contribution is -2.06. The van der Waals surface area contributed by atoms with E-state index >= 15 is 0 Å². The van der Waals surface area contributed by atoms with E-state index in [2.05, 4.69) is 4.98 Å². The number of aromatic nitrogens is 1. The molecule has 1 atom stereocenters. The Labute approximate surface area is 72.2 Å². The molecular formula is C9H14N2O. The molecule has 0 bridgehead atoms. The molecule has 0 fully saturated rings. The van der Waals surface area contributed by atoms with Crippen molar-refractivity contribution in [1.82, 2.24) is 4.98 Å². The number of hydrogen-bond acceptors (Lipinski definition) is 3. The normalized spacial score (nSPS) is 12.9. The minimum absolute atomic E-state index is 0.307. The van der Waals surface area contributed by atoms with Crippen LogP contribution in [-0.4, -0.2) is 16.2 Å². The third-order valence-corrected chi connectivity index (χ3v) is 1.62. The zero-order valence-corrected chi connectivity index (χ0v) is 7.20. The summed E-state index contributed by atoms with van der Waals surface area (Å²) in [7, 11) is 0. The van der Waals surface area contributed by atoms with Crippen LogP contribution < -0.4 is 5.73 Å². The van der Waals surface area contributed by atoms with Gasteiger partial charge in [-0.3, -0.25) is 4.98 Å². The first-order valence-corrected chi connectivity index (χ1v) is 4.04. The summed E-state index contributed by atoms with van der Waals surface area (Å²) >= 11 is 0. The van der Waals surface area contributed by atoms with Crippen LogP contribution in [0.25, 0.3) is 0 Å². The van der Waals surface area contributed by atoms with E-state index in [1.807, 2.05) is 12.1 Å². The standard InChI is InChI=1S/C9H14N2O/c1-7(12)4-8-2-3-11-9(5-8)6-10/h2-3,5,7,12H,4,6,10H2,1H3. The van der Waals surface area contributed by atoms with Gasteiger partial charge < -0.3 is 10.8 Å². The third-order valence-electron chi connectivity index (χ3n) is 1.62. The highest BCUT2D eigenvalue weighted by molar-refractivity contribution is 5.16. The van der Waals surface area contributed by atoms with E-state index in [1.165, 1.54) is 0 Å². The number of nitrogens with two attached hydrogens (primary N) is 1. The highest BCUT2D eigenvalue weighted by atomic mass is 16.3. The molecule has 3 nitrogen and oxygen atoms in total. The molecular weight excluding hydrogens is 152 g/mol. The van der Waals surface area contributed by atoms with Gasteiger partial charge in [0.25, 0.3) is 0 Å². The average Bonchev–Trinajstić information content (AvgIpc) is 2.03. The molecule has 0 aliphatic carbocycles. The molecule has 0 amide bonds. The lowest BCUT2D eigenvalue weighted by atomic mass is 10.1. The molecule has 66 valence electrons. The minimum atomic E-state index is -0.307. The van der Waals surface area contributed by atoms with Crippen molar-refractivity contribution >= 4 is 0 Å². The van der Waals surface area contributed by atoms with Gasteiger partial charge in [0.1, 0.15) is 0 Å². The van der Waals surface area contributed by atoms with Gasteiger partial charge in [0.2, 0.25) is 0 Å². The Kier molecular flexibility index (Phi) is 3.19.